The highest BCUT2D eigenvalue weighted by atomic mass is 19.1. The number of aromatic nitrogens is 1. The van der Waals surface area contributed by atoms with Crippen LogP contribution in [-0.4, -0.2) is 4.98 Å². The molecule has 0 amide bonds. The maximum Gasteiger partial charge on any atom is 0.152 e. The lowest BCUT2D eigenvalue weighted by Gasteiger charge is -2.09. The number of halogens is 3. The molecule has 18 heavy (non-hydrogen) atoms. The molecule has 0 aliphatic carbocycles. The molecule has 1 aromatic heterocycles. The van der Waals surface area contributed by atoms with Crippen LogP contribution in [0.4, 0.5) is 30.4 Å². The molecule has 94 valence electrons. The third kappa shape index (κ3) is 2.37. The molecule has 1 aromatic carbocycles. The predicted octanol–water partition coefficient (Wildman–Crippen LogP) is 3.13. The Hall–Kier alpha value is -2.24. The van der Waals surface area contributed by atoms with E-state index >= 15 is 0 Å². The number of anilines is 3. The molecule has 1 heterocycles. The third-order valence-corrected chi connectivity index (χ3v) is 2.39. The van der Waals surface area contributed by atoms with E-state index in [0.717, 1.165) is 0 Å². The molecule has 0 saturated carbocycles. The topological polar surface area (TPSA) is 50.9 Å². The molecule has 0 unspecified atom stereocenters. The van der Waals surface area contributed by atoms with Gasteiger partial charge in [0.1, 0.15) is 17.3 Å². The van der Waals surface area contributed by atoms with Crippen LogP contribution in [0.15, 0.2) is 24.3 Å². The molecule has 0 radical (unpaired) electrons. The minimum atomic E-state index is -1.02. The van der Waals surface area contributed by atoms with Gasteiger partial charge in [-0.05, 0) is 19.1 Å². The Morgan fingerprint density at radius 1 is 1.11 bits per heavy atom. The second kappa shape index (κ2) is 4.56. The van der Waals surface area contributed by atoms with Crippen molar-refractivity contribution in [2.75, 3.05) is 11.1 Å². The standard InChI is InChI=1S/C12H10F3N3/c1-6-10(16)2-3-11(17-6)18-12-8(14)4-7(13)5-9(12)15/h2-5H,16H2,1H3,(H,17,18). The number of benzene rings is 1. The van der Waals surface area contributed by atoms with Gasteiger partial charge in [-0.1, -0.05) is 0 Å². The Kier molecular flexibility index (Phi) is 3.10. The lowest BCUT2D eigenvalue weighted by atomic mass is 10.2. The largest absolute Gasteiger partial charge is 0.397 e. The summed E-state index contributed by atoms with van der Waals surface area (Å²) >= 11 is 0. The molecule has 0 saturated heterocycles. The Labute approximate surface area is 101 Å². The fraction of sp³-hybridized carbons (Fsp3) is 0.0833. The molecule has 3 N–H and O–H groups in total. The van der Waals surface area contributed by atoms with Crippen molar-refractivity contribution in [1.29, 1.82) is 0 Å². The van der Waals surface area contributed by atoms with Gasteiger partial charge in [-0.2, -0.15) is 0 Å². The third-order valence-electron chi connectivity index (χ3n) is 2.39. The zero-order chi connectivity index (χ0) is 13.3. The van der Waals surface area contributed by atoms with E-state index in [-0.39, 0.29) is 5.82 Å². The van der Waals surface area contributed by atoms with Crippen LogP contribution in [0.3, 0.4) is 0 Å². The Balaban J connectivity index is 2.37. The van der Waals surface area contributed by atoms with Crippen LogP contribution in [0, 0.1) is 24.4 Å². The van der Waals surface area contributed by atoms with Crippen LogP contribution in [-0.2, 0) is 0 Å². The summed E-state index contributed by atoms with van der Waals surface area (Å²) in [5, 5.41) is 2.45. The fourth-order valence-electron chi connectivity index (χ4n) is 1.43. The summed E-state index contributed by atoms with van der Waals surface area (Å²) in [6.45, 7) is 1.66. The number of hydrogen-bond acceptors (Lipinski definition) is 3. The summed E-state index contributed by atoms with van der Waals surface area (Å²) in [4.78, 5) is 4.01. The number of pyridine rings is 1. The molecule has 2 rings (SSSR count). The summed E-state index contributed by atoms with van der Waals surface area (Å²) in [5.41, 5.74) is 6.13. The number of nitrogens with one attached hydrogen (secondary N) is 1. The first-order valence-corrected chi connectivity index (χ1v) is 5.12. The molecule has 6 heteroatoms. The van der Waals surface area contributed by atoms with Crippen molar-refractivity contribution in [2.45, 2.75) is 6.92 Å². The first kappa shape index (κ1) is 12.2. The minimum absolute atomic E-state index is 0.228. The van der Waals surface area contributed by atoms with Crippen LogP contribution < -0.4 is 11.1 Å². The van der Waals surface area contributed by atoms with E-state index in [0.29, 0.717) is 23.5 Å². The van der Waals surface area contributed by atoms with Gasteiger partial charge in [0.15, 0.2) is 11.6 Å². The Morgan fingerprint density at radius 3 is 2.28 bits per heavy atom. The zero-order valence-electron chi connectivity index (χ0n) is 9.47. The van der Waals surface area contributed by atoms with Crippen molar-refractivity contribution in [2.24, 2.45) is 0 Å². The zero-order valence-corrected chi connectivity index (χ0v) is 9.47. The number of rotatable bonds is 2. The molecule has 0 fully saturated rings. The van der Waals surface area contributed by atoms with E-state index in [2.05, 4.69) is 10.3 Å². The lowest BCUT2D eigenvalue weighted by Crippen LogP contribution is -2.02. The summed E-state index contributed by atoms with van der Waals surface area (Å²) in [5.74, 6) is -2.80. The van der Waals surface area contributed by atoms with E-state index in [1.807, 2.05) is 0 Å². The summed E-state index contributed by atoms with van der Waals surface area (Å²) in [7, 11) is 0. The van der Waals surface area contributed by atoms with Crippen LogP contribution in [0.25, 0.3) is 0 Å². The van der Waals surface area contributed by atoms with Crippen molar-refractivity contribution in [3.63, 3.8) is 0 Å². The number of nitrogen functional groups attached to an aromatic ring is 1. The smallest absolute Gasteiger partial charge is 0.152 e. The van der Waals surface area contributed by atoms with E-state index in [1.165, 1.54) is 6.07 Å². The van der Waals surface area contributed by atoms with Gasteiger partial charge in [0.05, 0.1) is 11.4 Å². The lowest BCUT2D eigenvalue weighted by molar-refractivity contribution is 0.549. The van der Waals surface area contributed by atoms with Gasteiger partial charge >= 0.3 is 0 Å². The van der Waals surface area contributed by atoms with Gasteiger partial charge in [0.2, 0.25) is 0 Å². The fourth-order valence-corrected chi connectivity index (χ4v) is 1.43. The Morgan fingerprint density at radius 2 is 1.72 bits per heavy atom. The molecule has 3 nitrogen and oxygen atoms in total. The van der Waals surface area contributed by atoms with Crippen molar-refractivity contribution in [3.05, 3.63) is 47.4 Å². The second-order valence-corrected chi connectivity index (χ2v) is 3.74. The first-order valence-electron chi connectivity index (χ1n) is 5.12. The van der Waals surface area contributed by atoms with Gasteiger partial charge in [-0.25, -0.2) is 18.2 Å². The summed E-state index contributed by atoms with van der Waals surface area (Å²) in [6.07, 6.45) is 0. The van der Waals surface area contributed by atoms with Gasteiger partial charge < -0.3 is 11.1 Å². The molecular formula is C12H10F3N3. The predicted molar refractivity (Wildman–Crippen MR) is 63.0 cm³/mol. The molecule has 2 aromatic rings. The monoisotopic (exact) mass is 253 g/mol. The summed E-state index contributed by atoms with van der Waals surface area (Å²) < 4.78 is 39.5. The van der Waals surface area contributed by atoms with Crippen LogP contribution in [0.1, 0.15) is 5.69 Å². The van der Waals surface area contributed by atoms with Crippen LogP contribution >= 0.6 is 0 Å². The maximum absolute atomic E-state index is 13.4. The average Bonchev–Trinajstić information content (AvgIpc) is 2.28. The van der Waals surface area contributed by atoms with Crippen LogP contribution in [0.5, 0.6) is 0 Å². The van der Waals surface area contributed by atoms with Crippen molar-refractivity contribution >= 4 is 17.2 Å². The minimum Gasteiger partial charge on any atom is -0.397 e. The molecule has 0 aliphatic rings. The molecule has 0 atom stereocenters. The SMILES string of the molecule is Cc1nc(Nc2c(F)cc(F)cc2F)ccc1N. The molecular weight excluding hydrogens is 243 g/mol. The first-order chi connectivity index (χ1) is 8.47. The normalized spacial score (nSPS) is 10.4. The van der Waals surface area contributed by atoms with E-state index in [9.17, 15) is 13.2 Å². The van der Waals surface area contributed by atoms with Gasteiger partial charge in [0.25, 0.3) is 0 Å². The number of hydrogen-bond donors (Lipinski definition) is 2. The second-order valence-electron chi connectivity index (χ2n) is 3.74. The van der Waals surface area contributed by atoms with Gasteiger partial charge in [-0.15, -0.1) is 0 Å². The highest BCUT2D eigenvalue weighted by Gasteiger charge is 2.12. The number of nitrogens with two attached hydrogens (primary N) is 1. The van der Waals surface area contributed by atoms with Crippen molar-refractivity contribution in [3.8, 4) is 0 Å². The van der Waals surface area contributed by atoms with E-state index < -0.39 is 23.1 Å². The van der Waals surface area contributed by atoms with Gasteiger partial charge in [0, 0.05) is 12.1 Å². The van der Waals surface area contributed by atoms with Crippen molar-refractivity contribution in [1.82, 2.24) is 4.98 Å². The highest BCUT2D eigenvalue weighted by molar-refractivity contribution is 5.60. The quantitative estimate of drug-likeness (QED) is 0.864. The van der Waals surface area contributed by atoms with Crippen molar-refractivity contribution < 1.29 is 13.2 Å². The summed E-state index contributed by atoms with van der Waals surface area (Å²) in [6, 6.07) is 4.22. The van der Waals surface area contributed by atoms with Crippen LogP contribution in [0.2, 0.25) is 0 Å². The van der Waals surface area contributed by atoms with Gasteiger partial charge in [-0.3, -0.25) is 0 Å². The molecule has 0 bridgehead atoms. The Bertz CT molecular complexity index is 576. The number of nitrogens with zero attached hydrogens (tertiary/aromatic N) is 1. The molecule has 0 spiro atoms. The highest BCUT2D eigenvalue weighted by Crippen LogP contribution is 2.24. The average molecular weight is 253 g/mol. The molecule has 0 aliphatic heterocycles. The number of aryl methyl sites for hydroxylation is 1. The van der Waals surface area contributed by atoms with E-state index in [4.69, 9.17) is 5.73 Å². The maximum atomic E-state index is 13.4. The van der Waals surface area contributed by atoms with E-state index in [1.54, 1.807) is 13.0 Å².